The molecule has 5 heteroatoms. The Balaban J connectivity index is 3.03. The van der Waals surface area contributed by atoms with E-state index < -0.39 is 0 Å². The van der Waals surface area contributed by atoms with Gasteiger partial charge in [0.15, 0.2) is 0 Å². The molecule has 5 nitrogen and oxygen atoms in total. The van der Waals surface area contributed by atoms with Gasteiger partial charge in [-0.1, -0.05) is 20.8 Å². The molecule has 0 bridgehead atoms. The molecule has 20 heavy (non-hydrogen) atoms. The first-order valence-corrected chi connectivity index (χ1v) is 7.37. The zero-order chi connectivity index (χ0) is 15.1. The lowest BCUT2D eigenvalue weighted by atomic mass is 10.2. The highest BCUT2D eigenvalue weighted by atomic mass is 16.5. The fourth-order valence-corrected chi connectivity index (χ4v) is 1.87. The van der Waals surface area contributed by atoms with E-state index in [1.165, 1.54) is 0 Å². The molecule has 0 saturated carbocycles. The molecule has 0 aromatic carbocycles. The second-order valence-electron chi connectivity index (χ2n) is 5.49. The molecule has 1 atom stereocenters. The molecule has 2 N–H and O–H groups in total. The van der Waals surface area contributed by atoms with Crippen molar-refractivity contribution in [2.45, 2.75) is 53.0 Å². The maximum Gasteiger partial charge on any atom is 0.135 e. The Morgan fingerprint density at radius 2 is 1.80 bits per heavy atom. The van der Waals surface area contributed by atoms with Gasteiger partial charge in [0, 0.05) is 31.2 Å². The van der Waals surface area contributed by atoms with Crippen molar-refractivity contribution in [3.63, 3.8) is 0 Å². The average Bonchev–Trinajstić information content (AvgIpc) is 2.39. The van der Waals surface area contributed by atoms with Crippen molar-refractivity contribution in [3.8, 4) is 0 Å². The van der Waals surface area contributed by atoms with E-state index in [1.54, 1.807) is 7.11 Å². The highest BCUT2D eigenvalue weighted by Crippen LogP contribution is 2.23. The monoisotopic (exact) mass is 280 g/mol. The minimum absolute atomic E-state index is 0.215. The molecule has 0 aliphatic heterocycles. The number of hydrogen-bond acceptors (Lipinski definition) is 5. The number of nitrogens with zero attached hydrogens (tertiary/aromatic N) is 2. The number of anilines is 2. The Morgan fingerprint density at radius 1 is 1.15 bits per heavy atom. The largest absolute Gasteiger partial charge is 0.383 e. The zero-order valence-electron chi connectivity index (χ0n) is 13.6. The van der Waals surface area contributed by atoms with Gasteiger partial charge in [-0.3, -0.25) is 0 Å². The molecular weight excluding hydrogens is 252 g/mol. The summed E-state index contributed by atoms with van der Waals surface area (Å²) in [6.45, 7) is 12.1. The van der Waals surface area contributed by atoms with E-state index >= 15 is 0 Å². The van der Waals surface area contributed by atoms with Crippen LogP contribution in [0.5, 0.6) is 0 Å². The van der Waals surface area contributed by atoms with Crippen LogP contribution in [0.25, 0.3) is 0 Å². The summed E-state index contributed by atoms with van der Waals surface area (Å²) in [5.41, 5.74) is 1.06. The van der Waals surface area contributed by atoms with E-state index in [2.05, 4.69) is 48.3 Å². The highest BCUT2D eigenvalue weighted by molar-refractivity contribution is 5.57. The van der Waals surface area contributed by atoms with Crippen molar-refractivity contribution in [1.82, 2.24) is 9.97 Å². The van der Waals surface area contributed by atoms with E-state index in [0.29, 0.717) is 12.5 Å². The van der Waals surface area contributed by atoms with Gasteiger partial charge in [-0.25, -0.2) is 9.97 Å². The molecule has 0 amide bonds. The second-order valence-corrected chi connectivity index (χ2v) is 5.49. The average molecular weight is 280 g/mol. The molecule has 1 rings (SSSR count). The van der Waals surface area contributed by atoms with E-state index in [1.807, 2.05) is 6.92 Å². The Morgan fingerprint density at radius 3 is 2.35 bits per heavy atom. The van der Waals surface area contributed by atoms with E-state index in [-0.39, 0.29) is 6.04 Å². The molecule has 0 aliphatic carbocycles. The van der Waals surface area contributed by atoms with Gasteiger partial charge in [0.1, 0.15) is 17.5 Å². The number of methoxy groups -OCH3 is 1. The first kappa shape index (κ1) is 16.7. The molecule has 0 aliphatic rings. The Labute approximate surface area is 122 Å². The molecule has 0 fully saturated rings. The van der Waals surface area contributed by atoms with E-state index in [0.717, 1.165) is 36.0 Å². The number of rotatable bonds is 8. The first-order chi connectivity index (χ1) is 9.49. The van der Waals surface area contributed by atoms with Crippen molar-refractivity contribution >= 4 is 11.6 Å². The maximum atomic E-state index is 5.17. The minimum Gasteiger partial charge on any atom is -0.383 e. The second kappa shape index (κ2) is 8.04. The zero-order valence-corrected chi connectivity index (χ0v) is 13.6. The van der Waals surface area contributed by atoms with Gasteiger partial charge in [-0.2, -0.15) is 0 Å². The van der Waals surface area contributed by atoms with Crippen molar-refractivity contribution in [2.24, 2.45) is 0 Å². The fraction of sp³-hybridized carbons (Fsp3) is 0.733. The van der Waals surface area contributed by atoms with Crippen LogP contribution in [0.3, 0.4) is 0 Å². The van der Waals surface area contributed by atoms with Gasteiger partial charge in [-0.15, -0.1) is 0 Å². The third-order valence-electron chi connectivity index (χ3n) is 3.02. The summed E-state index contributed by atoms with van der Waals surface area (Å²) in [5, 5.41) is 6.79. The van der Waals surface area contributed by atoms with Gasteiger partial charge in [-0.05, 0) is 20.3 Å². The number of ether oxygens (including phenoxy) is 1. The van der Waals surface area contributed by atoms with E-state index in [9.17, 15) is 0 Å². The quantitative estimate of drug-likeness (QED) is 0.766. The third-order valence-corrected chi connectivity index (χ3v) is 3.02. The first-order valence-electron chi connectivity index (χ1n) is 7.37. The molecule has 1 aromatic rings. The van der Waals surface area contributed by atoms with Crippen molar-refractivity contribution in [2.75, 3.05) is 30.9 Å². The van der Waals surface area contributed by atoms with Crippen LogP contribution in [0.1, 0.15) is 51.4 Å². The lowest BCUT2D eigenvalue weighted by Gasteiger charge is -2.19. The summed E-state index contributed by atoms with van der Waals surface area (Å²) in [6, 6.07) is 0.215. The van der Waals surface area contributed by atoms with Gasteiger partial charge < -0.3 is 15.4 Å². The Hall–Kier alpha value is -1.36. The Kier molecular flexibility index (Phi) is 6.71. The fourth-order valence-electron chi connectivity index (χ4n) is 1.87. The SMILES string of the molecule is CCCNc1nc(C(C)C)nc(NC(C)COC)c1C. The molecule has 0 saturated heterocycles. The third kappa shape index (κ3) is 4.63. The summed E-state index contributed by atoms with van der Waals surface area (Å²) in [4.78, 5) is 9.27. The van der Waals surface area contributed by atoms with Gasteiger partial charge in [0.25, 0.3) is 0 Å². The summed E-state index contributed by atoms with van der Waals surface area (Å²) < 4.78 is 5.17. The maximum absolute atomic E-state index is 5.17. The van der Waals surface area contributed by atoms with Crippen LogP contribution in [0.4, 0.5) is 11.6 Å². The normalized spacial score (nSPS) is 12.6. The van der Waals surface area contributed by atoms with Crippen LogP contribution >= 0.6 is 0 Å². The van der Waals surface area contributed by atoms with Crippen LogP contribution in [0.15, 0.2) is 0 Å². The van der Waals surface area contributed by atoms with Crippen LogP contribution < -0.4 is 10.6 Å². The van der Waals surface area contributed by atoms with Crippen LogP contribution in [-0.4, -0.2) is 36.3 Å². The van der Waals surface area contributed by atoms with Crippen LogP contribution in [-0.2, 0) is 4.74 Å². The Bertz CT molecular complexity index is 421. The number of nitrogens with one attached hydrogen (secondary N) is 2. The summed E-state index contributed by atoms with van der Waals surface area (Å²) in [6.07, 6.45) is 1.07. The smallest absolute Gasteiger partial charge is 0.135 e. The van der Waals surface area contributed by atoms with Crippen molar-refractivity contribution < 1.29 is 4.74 Å². The van der Waals surface area contributed by atoms with Gasteiger partial charge in [0.05, 0.1) is 6.61 Å². The summed E-state index contributed by atoms with van der Waals surface area (Å²) in [7, 11) is 1.71. The predicted octanol–water partition coefficient (Wildman–Crippen LogP) is 3.18. The van der Waals surface area contributed by atoms with E-state index in [4.69, 9.17) is 4.74 Å². The summed E-state index contributed by atoms with van der Waals surface area (Å²) >= 11 is 0. The number of aromatic nitrogens is 2. The van der Waals surface area contributed by atoms with Gasteiger partial charge >= 0.3 is 0 Å². The number of hydrogen-bond donors (Lipinski definition) is 2. The molecule has 1 heterocycles. The molecule has 0 radical (unpaired) electrons. The molecule has 114 valence electrons. The highest BCUT2D eigenvalue weighted by Gasteiger charge is 2.14. The van der Waals surface area contributed by atoms with Crippen LogP contribution in [0.2, 0.25) is 0 Å². The predicted molar refractivity (Wildman–Crippen MR) is 84.6 cm³/mol. The standard InChI is InChI=1S/C15H28N4O/c1-7-8-16-14-12(5)15(17-11(4)9-20-6)19-13(18-14)10(2)3/h10-11H,7-9H2,1-6H3,(H2,16,17,18,19). The molecule has 1 aromatic heterocycles. The van der Waals surface area contributed by atoms with Crippen molar-refractivity contribution in [1.29, 1.82) is 0 Å². The lowest BCUT2D eigenvalue weighted by molar-refractivity contribution is 0.190. The van der Waals surface area contributed by atoms with Gasteiger partial charge in [0.2, 0.25) is 0 Å². The topological polar surface area (TPSA) is 59.1 Å². The summed E-state index contributed by atoms with van der Waals surface area (Å²) in [5.74, 6) is 2.99. The minimum atomic E-state index is 0.215. The van der Waals surface area contributed by atoms with Crippen molar-refractivity contribution in [3.05, 3.63) is 11.4 Å². The molecule has 0 spiro atoms. The molecular formula is C15H28N4O. The lowest BCUT2D eigenvalue weighted by Crippen LogP contribution is -2.23. The molecule has 1 unspecified atom stereocenters. The van der Waals surface area contributed by atoms with Crippen LogP contribution in [0, 0.1) is 6.92 Å².